The van der Waals surface area contributed by atoms with Crippen LogP contribution in [0.15, 0.2) is 10.6 Å². The van der Waals surface area contributed by atoms with Gasteiger partial charge < -0.3 is 4.74 Å². The van der Waals surface area contributed by atoms with Gasteiger partial charge in [-0.2, -0.15) is 0 Å². The minimum atomic E-state index is -0.475. The highest BCUT2D eigenvalue weighted by molar-refractivity contribution is 9.11. The lowest BCUT2D eigenvalue weighted by atomic mass is 10.2. The normalized spacial score (nSPS) is 11.0. The number of carbonyl (C=O) groups excluding carboxylic acids is 2. The Morgan fingerprint density at radius 1 is 1.55 bits per heavy atom. The Hall–Kier alpha value is -0.640. The predicted molar refractivity (Wildman–Crippen MR) is 44.3 cm³/mol. The van der Waals surface area contributed by atoms with Crippen molar-refractivity contribution in [1.82, 2.24) is 0 Å². The zero-order valence-corrected chi connectivity index (χ0v) is 7.97. The third-order valence-corrected chi connectivity index (χ3v) is 1.57. The van der Waals surface area contributed by atoms with Gasteiger partial charge in [0, 0.05) is 6.42 Å². The molecule has 0 saturated heterocycles. The van der Waals surface area contributed by atoms with Crippen molar-refractivity contribution in [3.63, 3.8) is 0 Å². The monoisotopic (exact) mass is 220 g/mol. The Morgan fingerprint density at radius 3 is 2.36 bits per heavy atom. The summed E-state index contributed by atoms with van der Waals surface area (Å²) in [6.07, 6.45) is 0.109. The van der Waals surface area contributed by atoms with Gasteiger partial charge in [0.1, 0.15) is 5.78 Å². The molecule has 0 amide bonds. The number of methoxy groups -OCH3 is 1. The number of hydrogen-bond acceptors (Lipinski definition) is 3. The lowest BCUT2D eigenvalue weighted by Gasteiger charge is -1.99. The van der Waals surface area contributed by atoms with Crippen LogP contribution in [0.4, 0.5) is 0 Å². The van der Waals surface area contributed by atoms with E-state index in [1.807, 2.05) is 0 Å². The Kier molecular flexibility index (Phi) is 4.77. The van der Waals surface area contributed by atoms with Crippen LogP contribution in [0.2, 0.25) is 0 Å². The molecule has 0 aliphatic rings. The average molecular weight is 221 g/mol. The highest BCUT2D eigenvalue weighted by Gasteiger charge is 2.10. The molecule has 0 rings (SSSR count). The number of carbonyl (C=O) groups is 2. The lowest BCUT2D eigenvalue weighted by molar-refractivity contribution is -0.137. The van der Waals surface area contributed by atoms with Crippen LogP contribution in [0.5, 0.6) is 0 Å². The standard InChI is InChI=1S/C7H9BrO3/c1-5(9)3-6(4-8)7(10)11-2/h4H,3H2,1-2H3/b6-4-. The minimum absolute atomic E-state index is 0.0684. The van der Waals surface area contributed by atoms with Crippen LogP contribution in [0.25, 0.3) is 0 Å². The summed E-state index contributed by atoms with van der Waals surface area (Å²) in [7, 11) is 1.28. The number of hydrogen-bond donors (Lipinski definition) is 0. The van der Waals surface area contributed by atoms with Crippen molar-refractivity contribution in [2.45, 2.75) is 13.3 Å². The molecule has 0 radical (unpaired) electrons. The maximum absolute atomic E-state index is 10.8. The van der Waals surface area contributed by atoms with Crippen LogP contribution in [0, 0.1) is 0 Å². The van der Waals surface area contributed by atoms with Crippen molar-refractivity contribution in [3.05, 3.63) is 10.6 Å². The number of Topliss-reactive ketones (excluding diaryl/α,β-unsaturated/α-hetero) is 1. The zero-order chi connectivity index (χ0) is 8.85. The van der Waals surface area contributed by atoms with Gasteiger partial charge in [-0.25, -0.2) is 4.79 Å². The summed E-state index contributed by atoms with van der Waals surface area (Å²) < 4.78 is 4.41. The highest BCUT2D eigenvalue weighted by atomic mass is 79.9. The van der Waals surface area contributed by atoms with E-state index in [4.69, 9.17) is 0 Å². The van der Waals surface area contributed by atoms with Crippen molar-refractivity contribution >= 4 is 27.7 Å². The first-order valence-electron chi connectivity index (χ1n) is 2.98. The molecule has 0 aliphatic carbocycles. The summed E-state index contributed by atoms with van der Waals surface area (Å²) in [5.74, 6) is -0.543. The molecular formula is C7H9BrO3. The first kappa shape index (κ1) is 10.4. The fourth-order valence-corrected chi connectivity index (χ4v) is 0.903. The highest BCUT2D eigenvalue weighted by Crippen LogP contribution is 2.06. The van der Waals surface area contributed by atoms with Crippen molar-refractivity contribution in [1.29, 1.82) is 0 Å². The van der Waals surface area contributed by atoms with E-state index >= 15 is 0 Å². The molecule has 3 nitrogen and oxygen atoms in total. The Labute approximate surface area is 73.5 Å². The number of esters is 1. The van der Waals surface area contributed by atoms with Gasteiger partial charge in [0.2, 0.25) is 0 Å². The molecule has 0 spiro atoms. The third kappa shape index (κ3) is 3.93. The zero-order valence-electron chi connectivity index (χ0n) is 6.39. The van der Waals surface area contributed by atoms with Gasteiger partial charge in [-0.1, -0.05) is 15.9 Å². The van der Waals surface area contributed by atoms with E-state index in [1.165, 1.54) is 19.0 Å². The van der Waals surface area contributed by atoms with Crippen LogP contribution >= 0.6 is 15.9 Å². The van der Waals surface area contributed by atoms with Crippen LogP contribution in [0.1, 0.15) is 13.3 Å². The van der Waals surface area contributed by atoms with Gasteiger partial charge >= 0.3 is 5.97 Å². The molecule has 11 heavy (non-hydrogen) atoms. The summed E-state index contributed by atoms with van der Waals surface area (Å²) in [5.41, 5.74) is 0.333. The third-order valence-electron chi connectivity index (χ3n) is 1.02. The molecule has 0 fully saturated rings. The number of ketones is 1. The van der Waals surface area contributed by atoms with Crippen molar-refractivity contribution < 1.29 is 14.3 Å². The molecule has 62 valence electrons. The lowest BCUT2D eigenvalue weighted by Crippen LogP contribution is -2.07. The molecule has 0 aromatic heterocycles. The maximum Gasteiger partial charge on any atom is 0.334 e. The fraction of sp³-hybridized carbons (Fsp3) is 0.429. The second-order valence-corrected chi connectivity index (χ2v) is 2.46. The van der Waals surface area contributed by atoms with Gasteiger partial charge in [0.05, 0.1) is 12.7 Å². The van der Waals surface area contributed by atoms with E-state index in [9.17, 15) is 9.59 Å². The topological polar surface area (TPSA) is 43.4 Å². The molecule has 0 bridgehead atoms. The van der Waals surface area contributed by atoms with E-state index in [0.717, 1.165) is 0 Å². The molecule has 0 aromatic rings. The molecule has 0 aromatic carbocycles. The number of ether oxygens (including phenoxy) is 1. The SMILES string of the molecule is COC(=O)/C(=C\Br)CC(C)=O. The van der Waals surface area contributed by atoms with Crippen LogP contribution < -0.4 is 0 Å². The fourth-order valence-electron chi connectivity index (χ4n) is 0.555. The van der Waals surface area contributed by atoms with Crippen molar-refractivity contribution in [2.24, 2.45) is 0 Å². The predicted octanol–water partition coefficient (Wildman–Crippen LogP) is 1.42. The largest absolute Gasteiger partial charge is 0.466 e. The van der Waals surface area contributed by atoms with E-state index < -0.39 is 5.97 Å². The average Bonchev–Trinajstić information content (AvgIpc) is 1.98. The number of rotatable bonds is 3. The van der Waals surface area contributed by atoms with Crippen molar-refractivity contribution in [2.75, 3.05) is 7.11 Å². The first-order chi connectivity index (χ1) is 5.11. The quantitative estimate of drug-likeness (QED) is 0.534. The molecule has 0 N–H and O–H groups in total. The summed E-state index contributed by atoms with van der Waals surface area (Å²) in [6.45, 7) is 1.42. The molecule has 0 heterocycles. The van der Waals surface area contributed by atoms with Gasteiger partial charge in [-0.3, -0.25) is 4.79 Å². The Bertz CT molecular complexity index is 196. The van der Waals surface area contributed by atoms with Crippen LogP contribution in [0.3, 0.4) is 0 Å². The van der Waals surface area contributed by atoms with E-state index in [0.29, 0.717) is 5.57 Å². The summed E-state index contributed by atoms with van der Waals surface area (Å²) in [5, 5.41) is 0. The van der Waals surface area contributed by atoms with Gasteiger partial charge in [-0.05, 0) is 11.9 Å². The second kappa shape index (κ2) is 5.07. The molecule has 0 saturated carbocycles. The summed E-state index contributed by atoms with van der Waals surface area (Å²) >= 11 is 2.97. The minimum Gasteiger partial charge on any atom is -0.466 e. The van der Waals surface area contributed by atoms with E-state index in [-0.39, 0.29) is 12.2 Å². The molecule has 0 aliphatic heterocycles. The second-order valence-electron chi connectivity index (χ2n) is 2.00. The van der Waals surface area contributed by atoms with Gasteiger partial charge in [-0.15, -0.1) is 0 Å². The maximum atomic E-state index is 10.8. The molecule has 0 atom stereocenters. The van der Waals surface area contributed by atoms with E-state index in [2.05, 4.69) is 20.7 Å². The van der Waals surface area contributed by atoms with Gasteiger partial charge in [0.25, 0.3) is 0 Å². The number of halogens is 1. The van der Waals surface area contributed by atoms with Gasteiger partial charge in [0.15, 0.2) is 0 Å². The molecular weight excluding hydrogens is 212 g/mol. The Morgan fingerprint density at radius 2 is 2.09 bits per heavy atom. The molecule has 0 unspecified atom stereocenters. The summed E-state index contributed by atoms with van der Waals surface area (Å²) in [4.78, 5) is 22.8. The summed E-state index contributed by atoms with van der Waals surface area (Å²) in [6, 6.07) is 0. The smallest absolute Gasteiger partial charge is 0.334 e. The Balaban J connectivity index is 4.20. The van der Waals surface area contributed by atoms with Crippen LogP contribution in [-0.2, 0) is 14.3 Å². The molecule has 4 heteroatoms. The van der Waals surface area contributed by atoms with Crippen LogP contribution in [-0.4, -0.2) is 18.9 Å². The van der Waals surface area contributed by atoms with E-state index in [1.54, 1.807) is 0 Å². The van der Waals surface area contributed by atoms with Crippen molar-refractivity contribution in [3.8, 4) is 0 Å². The first-order valence-corrected chi connectivity index (χ1v) is 3.90.